The van der Waals surface area contributed by atoms with E-state index in [-0.39, 0.29) is 12.1 Å². The second-order valence-corrected chi connectivity index (χ2v) is 3.98. The first-order valence-electron chi connectivity index (χ1n) is 4.94. The van der Waals surface area contributed by atoms with E-state index >= 15 is 0 Å². The van der Waals surface area contributed by atoms with Crippen LogP contribution in [0.4, 0.5) is 0 Å². The van der Waals surface area contributed by atoms with Crippen LogP contribution in [0.15, 0.2) is 12.1 Å². The van der Waals surface area contributed by atoms with Gasteiger partial charge in [-0.3, -0.25) is 4.90 Å². The third-order valence-corrected chi connectivity index (χ3v) is 2.82. The van der Waals surface area contributed by atoms with Crippen LogP contribution in [0, 0.1) is 6.92 Å². The molecule has 76 valence electrons. The van der Waals surface area contributed by atoms with Crippen LogP contribution < -0.4 is 5.73 Å². The number of likely N-dealkylation sites (tertiary alicyclic amines) is 1. The molecule has 0 spiro atoms. The van der Waals surface area contributed by atoms with Crippen LogP contribution in [0.25, 0.3) is 0 Å². The van der Waals surface area contributed by atoms with Crippen LogP contribution in [-0.2, 0) is 0 Å². The van der Waals surface area contributed by atoms with E-state index in [4.69, 9.17) is 5.73 Å². The first kappa shape index (κ1) is 9.55. The molecule has 0 radical (unpaired) electrons. The Balaban J connectivity index is 2.25. The zero-order valence-electron chi connectivity index (χ0n) is 8.64. The van der Waals surface area contributed by atoms with E-state index in [1.807, 2.05) is 19.1 Å². The fourth-order valence-electron chi connectivity index (χ4n) is 1.99. The minimum atomic E-state index is 0.192. The molecule has 2 unspecified atom stereocenters. The average Bonchev–Trinajstić information content (AvgIpc) is 2.49. The SMILES string of the molecule is Cc1ccc(C2C(N)CCN2C)nn1. The number of nitrogens with zero attached hydrogens (tertiary/aromatic N) is 3. The maximum Gasteiger partial charge on any atom is 0.0818 e. The molecule has 14 heavy (non-hydrogen) atoms. The molecule has 0 amide bonds. The van der Waals surface area contributed by atoms with Gasteiger partial charge in [0.1, 0.15) is 0 Å². The molecule has 1 aromatic rings. The summed E-state index contributed by atoms with van der Waals surface area (Å²) in [6.45, 7) is 2.98. The maximum absolute atomic E-state index is 6.03. The zero-order valence-corrected chi connectivity index (χ0v) is 8.64. The van der Waals surface area contributed by atoms with E-state index in [1.54, 1.807) is 0 Å². The van der Waals surface area contributed by atoms with Crippen molar-refractivity contribution in [2.75, 3.05) is 13.6 Å². The topological polar surface area (TPSA) is 55.0 Å². The molecule has 0 bridgehead atoms. The fraction of sp³-hybridized carbons (Fsp3) is 0.600. The van der Waals surface area contributed by atoms with Crippen LogP contribution in [0.3, 0.4) is 0 Å². The molecule has 0 saturated carbocycles. The standard InChI is InChI=1S/C10H16N4/c1-7-3-4-9(13-12-7)10-8(11)5-6-14(10)2/h3-4,8,10H,5-6,11H2,1-2H3. The zero-order chi connectivity index (χ0) is 10.1. The number of aromatic nitrogens is 2. The van der Waals surface area contributed by atoms with Crippen molar-refractivity contribution in [1.82, 2.24) is 15.1 Å². The van der Waals surface area contributed by atoms with Gasteiger partial charge < -0.3 is 5.73 Å². The van der Waals surface area contributed by atoms with Gasteiger partial charge in [0.25, 0.3) is 0 Å². The van der Waals surface area contributed by atoms with Crippen molar-refractivity contribution in [2.45, 2.75) is 25.4 Å². The van der Waals surface area contributed by atoms with Crippen molar-refractivity contribution >= 4 is 0 Å². The number of likely N-dealkylation sites (N-methyl/N-ethyl adjacent to an activating group) is 1. The summed E-state index contributed by atoms with van der Waals surface area (Å²) in [6, 6.07) is 4.44. The van der Waals surface area contributed by atoms with E-state index in [0.717, 1.165) is 24.4 Å². The molecule has 2 atom stereocenters. The monoisotopic (exact) mass is 192 g/mol. The minimum absolute atomic E-state index is 0.192. The summed E-state index contributed by atoms with van der Waals surface area (Å²) in [7, 11) is 2.08. The van der Waals surface area contributed by atoms with Gasteiger partial charge in [-0.05, 0) is 32.5 Å². The largest absolute Gasteiger partial charge is 0.326 e. The summed E-state index contributed by atoms with van der Waals surface area (Å²) in [4.78, 5) is 2.24. The van der Waals surface area contributed by atoms with Crippen LogP contribution in [0.2, 0.25) is 0 Å². The normalized spacial score (nSPS) is 28.2. The molecule has 1 aliphatic heterocycles. The summed E-state index contributed by atoms with van der Waals surface area (Å²) in [6.07, 6.45) is 1.04. The lowest BCUT2D eigenvalue weighted by molar-refractivity contribution is 0.296. The van der Waals surface area contributed by atoms with Crippen LogP contribution in [0.5, 0.6) is 0 Å². The van der Waals surface area contributed by atoms with E-state index in [0.29, 0.717) is 0 Å². The maximum atomic E-state index is 6.03. The number of rotatable bonds is 1. The highest BCUT2D eigenvalue weighted by atomic mass is 15.2. The lowest BCUT2D eigenvalue weighted by atomic mass is 10.1. The fourth-order valence-corrected chi connectivity index (χ4v) is 1.99. The van der Waals surface area contributed by atoms with E-state index in [2.05, 4.69) is 22.1 Å². The molecule has 4 heteroatoms. The summed E-state index contributed by atoms with van der Waals surface area (Å²) < 4.78 is 0. The molecule has 0 aliphatic carbocycles. The Morgan fingerprint density at radius 1 is 1.43 bits per heavy atom. The smallest absolute Gasteiger partial charge is 0.0818 e. The van der Waals surface area contributed by atoms with Crippen molar-refractivity contribution < 1.29 is 0 Å². The highest BCUT2D eigenvalue weighted by molar-refractivity contribution is 5.13. The summed E-state index contributed by atoms with van der Waals surface area (Å²) in [5.41, 5.74) is 7.97. The molecule has 1 aromatic heterocycles. The lowest BCUT2D eigenvalue weighted by Crippen LogP contribution is -2.30. The average molecular weight is 192 g/mol. The minimum Gasteiger partial charge on any atom is -0.326 e. The van der Waals surface area contributed by atoms with Crippen molar-refractivity contribution in [3.63, 3.8) is 0 Å². The first-order chi connectivity index (χ1) is 6.68. The Bertz CT molecular complexity index is 298. The number of nitrogens with two attached hydrogens (primary N) is 1. The molecule has 1 saturated heterocycles. The Hall–Kier alpha value is -1.00. The van der Waals surface area contributed by atoms with Crippen molar-refractivity contribution in [3.05, 3.63) is 23.5 Å². The molecule has 4 nitrogen and oxygen atoms in total. The van der Waals surface area contributed by atoms with Crippen LogP contribution in [-0.4, -0.2) is 34.7 Å². The molecule has 2 N–H and O–H groups in total. The van der Waals surface area contributed by atoms with Gasteiger partial charge in [-0.1, -0.05) is 0 Å². The van der Waals surface area contributed by atoms with Gasteiger partial charge in [0.2, 0.25) is 0 Å². The Kier molecular flexibility index (Phi) is 2.48. The van der Waals surface area contributed by atoms with Crippen molar-refractivity contribution in [3.8, 4) is 0 Å². The Morgan fingerprint density at radius 3 is 2.71 bits per heavy atom. The van der Waals surface area contributed by atoms with Crippen molar-refractivity contribution in [2.24, 2.45) is 5.73 Å². The number of hydrogen-bond donors (Lipinski definition) is 1. The summed E-state index contributed by atoms with van der Waals surface area (Å²) in [5, 5.41) is 8.25. The Morgan fingerprint density at radius 2 is 2.21 bits per heavy atom. The molecule has 0 aromatic carbocycles. The molecule has 2 heterocycles. The molecule has 2 rings (SSSR count). The molecule has 1 aliphatic rings. The second-order valence-electron chi connectivity index (χ2n) is 3.98. The van der Waals surface area contributed by atoms with Gasteiger partial charge in [0.15, 0.2) is 0 Å². The quantitative estimate of drug-likeness (QED) is 0.703. The van der Waals surface area contributed by atoms with E-state index in [9.17, 15) is 0 Å². The summed E-state index contributed by atoms with van der Waals surface area (Å²) in [5.74, 6) is 0. The number of aryl methyl sites for hydroxylation is 1. The first-order valence-corrected chi connectivity index (χ1v) is 4.94. The van der Waals surface area contributed by atoms with Gasteiger partial charge in [0.05, 0.1) is 17.4 Å². The van der Waals surface area contributed by atoms with Crippen LogP contribution >= 0.6 is 0 Å². The lowest BCUT2D eigenvalue weighted by Gasteiger charge is -2.21. The molecular weight excluding hydrogens is 176 g/mol. The summed E-state index contributed by atoms with van der Waals surface area (Å²) >= 11 is 0. The highest BCUT2D eigenvalue weighted by Gasteiger charge is 2.31. The van der Waals surface area contributed by atoms with Gasteiger partial charge in [-0.2, -0.15) is 10.2 Å². The molecule has 1 fully saturated rings. The van der Waals surface area contributed by atoms with Crippen molar-refractivity contribution in [1.29, 1.82) is 0 Å². The second kappa shape index (κ2) is 3.63. The molecular formula is C10H16N4. The predicted octanol–water partition coefficient (Wildman–Crippen LogP) is 0.489. The van der Waals surface area contributed by atoms with E-state index < -0.39 is 0 Å². The van der Waals surface area contributed by atoms with Crippen LogP contribution in [0.1, 0.15) is 23.9 Å². The highest BCUT2D eigenvalue weighted by Crippen LogP contribution is 2.27. The van der Waals surface area contributed by atoms with Gasteiger partial charge in [0, 0.05) is 12.6 Å². The van der Waals surface area contributed by atoms with Gasteiger partial charge in [-0.15, -0.1) is 0 Å². The third-order valence-electron chi connectivity index (χ3n) is 2.82. The van der Waals surface area contributed by atoms with E-state index in [1.165, 1.54) is 0 Å². The van der Waals surface area contributed by atoms with Gasteiger partial charge in [-0.25, -0.2) is 0 Å². The van der Waals surface area contributed by atoms with Gasteiger partial charge >= 0.3 is 0 Å². The third kappa shape index (κ3) is 1.63. The predicted molar refractivity (Wildman–Crippen MR) is 54.7 cm³/mol. The Labute approximate surface area is 84.1 Å². The number of hydrogen-bond acceptors (Lipinski definition) is 4.